The van der Waals surface area contributed by atoms with Gasteiger partial charge < -0.3 is 26.0 Å². The second kappa shape index (κ2) is 13.3. The lowest BCUT2D eigenvalue weighted by molar-refractivity contribution is -0.130. The monoisotopic (exact) mass is 434 g/mol. The maximum absolute atomic E-state index is 12.5. The largest absolute Gasteiger partial charge is 0.445 e. The Labute approximate surface area is 183 Å². The van der Waals surface area contributed by atoms with Gasteiger partial charge in [0.1, 0.15) is 12.6 Å². The first kappa shape index (κ1) is 25.9. The van der Waals surface area contributed by atoms with E-state index in [1.807, 2.05) is 27.7 Å². The maximum atomic E-state index is 12.5. The molecule has 9 nitrogen and oxygen atoms in total. The third-order valence-electron chi connectivity index (χ3n) is 4.45. The fraction of sp³-hybridized carbons (Fsp3) is 0.545. The molecule has 1 aromatic carbocycles. The number of alkyl carbamates (subject to hydrolysis) is 1. The molecule has 0 saturated heterocycles. The summed E-state index contributed by atoms with van der Waals surface area (Å²) < 4.78 is 4.94. The van der Waals surface area contributed by atoms with Gasteiger partial charge in [-0.25, -0.2) is 4.79 Å². The van der Waals surface area contributed by atoms with Crippen LogP contribution in [-0.4, -0.2) is 43.4 Å². The van der Waals surface area contributed by atoms with Crippen LogP contribution in [0.15, 0.2) is 24.3 Å². The van der Waals surface area contributed by atoms with Crippen molar-refractivity contribution >= 4 is 29.5 Å². The first-order valence-corrected chi connectivity index (χ1v) is 10.4. The minimum atomic E-state index is -0.702. The van der Waals surface area contributed by atoms with Gasteiger partial charge in [-0.05, 0) is 36.0 Å². The number of rotatable bonds is 11. The highest BCUT2D eigenvalue weighted by atomic mass is 16.5. The zero-order valence-corrected chi connectivity index (χ0v) is 18.9. The van der Waals surface area contributed by atoms with Crippen molar-refractivity contribution in [3.63, 3.8) is 0 Å². The van der Waals surface area contributed by atoms with Gasteiger partial charge in [0.05, 0.1) is 6.54 Å². The van der Waals surface area contributed by atoms with Crippen LogP contribution < -0.4 is 21.3 Å². The number of ether oxygens (including phenoxy) is 1. The Kier molecular flexibility index (Phi) is 11.1. The van der Waals surface area contributed by atoms with Gasteiger partial charge >= 0.3 is 6.09 Å². The minimum Gasteiger partial charge on any atom is -0.445 e. The molecule has 0 bridgehead atoms. The van der Waals surface area contributed by atoms with Crippen LogP contribution in [0.3, 0.4) is 0 Å². The average Bonchev–Trinajstić information content (AvgIpc) is 2.73. The van der Waals surface area contributed by atoms with Crippen LogP contribution in [0.25, 0.3) is 0 Å². The maximum Gasteiger partial charge on any atom is 0.407 e. The van der Waals surface area contributed by atoms with E-state index in [1.54, 1.807) is 24.3 Å². The van der Waals surface area contributed by atoms with Gasteiger partial charge in [0.15, 0.2) is 0 Å². The molecule has 0 aliphatic heterocycles. The van der Waals surface area contributed by atoms with E-state index in [1.165, 1.54) is 7.05 Å². The quantitative estimate of drug-likeness (QED) is 0.425. The molecule has 1 rings (SSSR count). The molecule has 0 radical (unpaired) electrons. The molecule has 0 heterocycles. The molecule has 172 valence electrons. The third-order valence-corrected chi connectivity index (χ3v) is 4.45. The number of amides is 4. The molecule has 0 saturated carbocycles. The number of carbonyl (C=O) groups excluding carboxylic acids is 4. The average molecular weight is 435 g/mol. The van der Waals surface area contributed by atoms with Crippen molar-refractivity contribution < 1.29 is 23.9 Å². The van der Waals surface area contributed by atoms with Gasteiger partial charge in [-0.1, -0.05) is 39.8 Å². The van der Waals surface area contributed by atoms with Crippen LogP contribution in [0, 0.1) is 11.8 Å². The molecule has 0 aliphatic carbocycles. The van der Waals surface area contributed by atoms with E-state index in [4.69, 9.17) is 4.74 Å². The van der Waals surface area contributed by atoms with E-state index in [0.717, 1.165) is 12.0 Å². The van der Waals surface area contributed by atoms with Crippen LogP contribution in [0.5, 0.6) is 0 Å². The molecule has 9 heteroatoms. The smallest absolute Gasteiger partial charge is 0.407 e. The summed E-state index contributed by atoms with van der Waals surface area (Å²) in [6.45, 7) is 7.63. The number of benzene rings is 1. The molecular weight excluding hydrogens is 400 g/mol. The Morgan fingerprint density at radius 1 is 0.968 bits per heavy atom. The summed E-state index contributed by atoms with van der Waals surface area (Å²) in [5.41, 5.74) is 1.31. The lowest BCUT2D eigenvalue weighted by Gasteiger charge is -2.22. The SMILES string of the molecule is CNC(=O)OCc1ccc(NC(=O)CNC(=O)C(NC(=O)CCC(C)C)C(C)C)cc1. The summed E-state index contributed by atoms with van der Waals surface area (Å²) in [4.78, 5) is 47.8. The summed E-state index contributed by atoms with van der Waals surface area (Å²) in [6.07, 6.45) is 0.583. The summed E-state index contributed by atoms with van der Waals surface area (Å²) >= 11 is 0. The molecular formula is C22H34N4O5. The van der Waals surface area contributed by atoms with Crippen molar-refractivity contribution in [3.8, 4) is 0 Å². The summed E-state index contributed by atoms with van der Waals surface area (Å²) in [6, 6.07) is 6.09. The fourth-order valence-corrected chi connectivity index (χ4v) is 2.59. The standard InChI is InChI=1S/C22H34N4O5/c1-14(2)6-11-18(27)26-20(15(3)4)21(29)24-12-19(28)25-17-9-7-16(8-10-17)13-31-22(30)23-5/h7-10,14-15,20H,6,11-13H2,1-5H3,(H,23,30)(H,24,29)(H,25,28)(H,26,27). The van der Waals surface area contributed by atoms with Crippen LogP contribution >= 0.6 is 0 Å². The van der Waals surface area contributed by atoms with Crippen LogP contribution in [0.1, 0.15) is 46.1 Å². The molecule has 0 fully saturated rings. The zero-order valence-electron chi connectivity index (χ0n) is 18.9. The Morgan fingerprint density at radius 3 is 2.16 bits per heavy atom. The molecule has 1 unspecified atom stereocenters. The van der Waals surface area contributed by atoms with E-state index in [-0.39, 0.29) is 25.0 Å². The van der Waals surface area contributed by atoms with Crippen molar-refractivity contribution in [3.05, 3.63) is 29.8 Å². The normalized spacial score (nSPS) is 11.6. The predicted octanol–water partition coefficient (Wildman–Crippen LogP) is 2.17. The second-order valence-electron chi connectivity index (χ2n) is 8.01. The van der Waals surface area contributed by atoms with E-state index < -0.39 is 23.9 Å². The topological polar surface area (TPSA) is 126 Å². The molecule has 4 amide bonds. The molecule has 4 N–H and O–H groups in total. The van der Waals surface area contributed by atoms with Gasteiger partial charge in [0.25, 0.3) is 0 Å². The van der Waals surface area contributed by atoms with Crippen molar-refractivity contribution in [2.75, 3.05) is 18.9 Å². The first-order valence-electron chi connectivity index (χ1n) is 10.4. The van der Waals surface area contributed by atoms with Gasteiger partial charge in [0, 0.05) is 19.2 Å². The van der Waals surface area contributed by atoms with Gasteiger partial charge in [-0.15, -0.1) is 0 Å². The van der Waals surface area contributed by atoms with Crippen LogP contribution in [0.2, 0.25) is 0 Å². The highest BCUT2D eigenvalue weighted by Crippen LogP contribution is 2.11. The fourth-order valence-electron chi connectivity index (χ4n) is 2.59. The van der Waals surface area contributed by atoms with Gasteiger partial charge in [-0.3, -0.25) is 14.4 Å². The van der Waals surface area contributed by atoms with Crippen molar-refractivity contribution in [2.24, 2.45) is 11.8 Å². The molecule has 1 atom stereocenters. The first-order chi connectivity index (χ1) is 14.6. The Morgan fingerprint density at radius 2 is 1.61 bits per heavy atom. The highest BCUT2D eigenvalue weighted by Gasteiger charge is 2.24. The van der Waals surface area contributed by atoms with Crippen molar-refractivity contribution in [2.45, 2.75) is 53.2 Å². The third kappa shape index (κ3) is 10.5. The van der Waals surface area contributed by atoms with Crippen LogP contribution in [0.4, 0.5) is 10.5 Å². The highest BCUT2D eigenvalue weighted by molar-refractivity contribution is 5.96. The molecule has 0 aromatic heterocycles. The number of hydrogen-bond donors (Lipinski definition) is 4. The number of nitrogens with one attached hydrogen (secondary N) is 4. The van der Waals surface area contributed by atoms with Crippen LogP contribution in [-0.2, 0) is 25.7 Å². The zero-order chi connectivity index (χ0) is 23.4. The molecule has 1 aromatic rings. The predicted molar refractivity (Wildman–Crippen MR) is 118 cm³/mol. The number of anilines is 1. The minimum absolute atomic E-state index is 0.115. The van der Waals surface area contributed by atoms with E-state index >= 15 is 0 Å². The van der Waals surface area contributed by atoms with E-state index in [0.29, 0.717) is 18.0 Å². The lowest BCUT2D eigenvalue weighted by atomic mass is 10.0. The number of carbonyl (C=O) groups is 4. The van der Waals surface area contributed by atoms with Gasteiger partial charge in [0.2, 0.25) is 17.7 Å². The summed E-state index contributed by atoms with van der Waals surface area (Å²) in [5, 5.41) is 10.4. The van der Waals surface area contributed by atoms with Gasteiger partial charge in [-0.2, -0.15) is 0 Å². The Hall–Kier alpha value is -3.10. The summed E-state index contributed by atoms with van der Waals surface area (Å²) in [7, 11) is 1.48. The van der Waals surface area contributed by atoms with Crippen molar-refractivity contribution in [1.29, 1.82) is 0 Å². The Balaban J connectivity index is 2.49. The number of hydrogen-bond acceptors (Lipinski definition) is 5. The lowest BCUT2D eigenvalue weighted by Crippen LogP contribution is -2.51. The molecule has 0 spiro atoms. The Bertz CT molecular complexity index is 747. The van der Waals surface area contributed by atoms with E-state index in [2.05, 4.69) is 21.3 Å². The molecule has 0 aliphatic rings. The van der Waals surface area contributed by atoms with Crippen molar-refractivity contribution in [1.82, 2.24) is 16.0 Å². The summed E-state index contributed by atoms with van der Waals surface area (Å²) in [5.74, 6) is -0.678. The van der Waals surface area contributed by atoms with E-state index in [9.17, 15) is 19.2 Å². The second-order valence-corrected chi connectivity index (χ2v) is 8.01. The molecule has 31 heavy (non-hydrogen) atoms.